The van der Waals surface area contributed by atoms with Gasteiger partial charge in [-0.15, -0.1) is 0 Å². The number of hydrogen-bond acceptors (Lipinski definition) is 6. The fourth-order valence-corrected chi connectivity index (χ4v) is 4.00. The predicted octanol–water partition coefficient (Wildman–Crippen LogP) is 1.76. The molecule has 4 heterocycles. The van der Waals surface area contributed by atoms with Crippen LogP contribution in [0.15, 0.2) is 18.5 Å². The van der Waals surface area contributed by atoms with Crippen LogP contribution in [0.1, 0.15) is 26.6 Å². The average molecular weight is 342 g/mol. The second-order valence-electron chi connectivity index (χ2n) is 6.09. The van der Waals surface area contributed by atoms with E-state index in [1.807, 2.05) is 37.0 Å². The standard InChI is InChI=1S/C16H18N6OS/c1-10-13(14-17-6-4-7-22(14)19-10)15(23)21-8-5-11-12(9-21)24-16(18-11)20(2)3/h4,6-7H,5,8-9H2,1-3H3. The highest BCUT2D eigenvalue weighted by Crippen LogP contribution is 2.30. The van der Waals surface area contributed by atoms with Crippen molar-refractivity contribution in [1.82, 2.24) is 24.5 Å². The van der Waals surface area contributed by atoms with Gasteiger partial charge < -0.3 is 9.80 Å². The summed E-state index contributed by atoms with van der Waals surface area (Å²) in [7, 11) is 3.97. The Morgan fingerprint density at radius 1 is 1.38 bits per heavy atom. The van der Waals surface area contributed by atoms with Crippen LogP contribution in [-0.2, 0) is 13.0 Å². The lowest BCUT2D eigenvalue weighted by Gasteiger charge is -2.25. The van der Waals surface area contributed by atoms with Crippen molar-refractivity contribution in [1.29, 1.82) is 0 Å². The first-order valence-corrected chi connectivity index (χ1v) is 8.61. The first-order chi connectivity index (χ1) is 11.5. The lowest BCUT2D eigenvalue weighted by Crippen LogP contribution is -2.35. The lowest BCUT2D eigenvalue weighted by atomic mass is 10.1. The minimum atomic E-state index is -0.00773. The van der Waals surface area contributed by atoms with Crippen molar-refractivity contribution in [3.63, 3.8) is 0 Å². The molecule has 0 aliphatic carbocycles. The molecular weight excluding hydrogens is 324 g/mol. The van der Waals surface area contributed by atoms with Crippen molar-refractivity contribution in [2.45, 2.75) is 19.9 Å². The normalized spacial score (nSPS) is 14.0. The summed E-state index contributed by atoms with van der Waals surface area (Å²) in [6.07, 6.45) is 4.29. The third-order valence-corrected chi connectivity index (χ3v) is 5.42. The molecule has 24 heavy (non-hydrogen) atoms. The third-order valence-electron chi connectivity index (χ3n) is 4.17. The molecule has 0 bridgehead atoms. The molecule has 0 radical (unpaired) electrons. The molecule has 7 nitrogen and oxygen atoms in total. The van der Waals surface area contributed by atoms with Crippen molar-refractivity contribution in [2.75, 3.05) is 25.5 Å². The van der Waals surface area contributed by atoms with Gasteiger partial charge in [-0.3, -0.25) is 4.79 Å². The zero-order valence-electron chi connectivity index (χ0n) is 13.9. The van der Waals surface area contributed by atoms with Gasteiger partial charge >= 0.3 is 0 Å². The smallest absolute Gasteiger partial charge is 0.259 e. The van der Waals surface area contributed by atoms with Crippen molar-refractivity contribution in [3.8, 4) is 0 Å². The van der Waals surface area contributed by atoms with Crippen molar-refractivity contribution in [2.24, 2.45) is 0 Å². The molecule has 0 aromatic carbocycles. The number of thiazole rings is 1. The van der Waals surface area contributed by atoms with Crippen molar-refractivity contribution >= 4 is 28.0 Å². The van der Waals surface area contributed by atoms with Crippen LogP contribution in [0.25, 0.3) is 5.65 Å². The van der Waals surface area contributed by atoms with E-state index in [9.17, 15) is 4.79 Å². The molecule has 3 aromatic rings. The Morgan fingerprint density at radius 2 is 2.21 bits per heavy atom. The highest BCUT2D eigenvalue weighted by molar-refractivity contribution is 7.15. The molecule has 1 aliphatic rings. The number of carbonyl (C=O) groups is 1. The number of carbonyl (C=O) groups excluding carboxylic acids is 1. The number of rotatable bonds is 2. The number of anilines is 1. The second-order valence-corrected chi connectivity index (χ2v) is 7.15. The molecule has 0 spiro atoms. The van der Waals surface area contributed by atoms with Crippen LogP contribution < -0.4 is 4.90 Å². The zero-order valence-corrected chi connectivity index (χ0v) is 14.7. The van der Waals surface area contributed by atoms with Gasteiger partial charge in [0.25, 0.3) is 5.91 Å². The number of aromatic nitrogens is 4. The van der Waals surface area contributed by atoms with E-state index in [-0.39, 0.29) is 5.91 Å². The Kier molecular flexibility index (Phi) is 3.49. The third kappa shape index (κ3) is 2.34. The van der Waals surface area contributed by atoms with Crippen LogP contribution in [-0.4, -0.2) is 51.0 Å². The molecule has 3 aromatic heterocycles. The molecule has 0 saturated carbocycles. The maximum atomic E-state index is 13.1. The molecule has 0 unspecified atom stereocenters. The van der Waals surface area contributed by atoms with Crippen LogP contribution in [0.3, 0.4) is 0 Å². The minimum absolute atomic E-state index is 0.00773. The number of amides is 1. The van der Waals surface area contributed by atoms with Gasteiger partial charge in [0.05, 0.1) is 17.9 Å². The van der Waals surface area contributed by atoms with Crippen molar-refractivity contribution in [3.05, 3.63) is 40.3 Å². The van der Waals surface area contributed by atoms with Gasteiger partial charge in [-0.1, -0.05) is 11.3 Å². The van der Waals surface area contributed by atoms with Gasteiger partial charge in [0.15, 0.2) is 10.8 Å². The molecule has 0 atom stereocenters. The maximum absolute atomic E-state index is 13.1. The van der Waals surface area contributed by atoms with E-state index >= 15 is 0 Å². The summed E-state index contributed by atoms with van der Waals surface area (Å²) in [5.41, 5.74) is 3.03. The Bertz CT molecular complexity index is 928. The highest BCUT2D eigenvalue weighted by Gasteiger charge is 2.28. The highest BCUT2D eigenvalue weighted by atomic mass is 32.1. The molecular formula is C16H18N6OS. The second kappa shape index (κ2) is 5.55. The molecule has 1 amide bonds. The van der Waals surface area contributed by atoms with E-state index < -0.39 is 0 Å². The van der Waals surface area contributed by atoms with Crippen molar-refractivity contribution < 1.29 is 4.79 Å². The summed E-state index contributed by atoms with van der Waals surface area (Å²) in [5, 5.41) is 5.38. The molecule has 1 aliphatic heterocycles. The van der Waals surface area contributed by atoms with Crippen LogP contribution >= 0.6 is 11.3 Å². The van der Waals surface area contributed by atoms with Crippen LogP contribution in [0.5, 0.6) is 0 Å². The fourth-order valence-electron chi connectivity index (χ4n) is 2.95. The van der Waals surface area contributed by atoms with E-state index in [1.165, 1.54) is 4.88 Å². The summed E-state index contributed by atoms with van der Waals surface area (Å²) in [6.45, 7) is 3.13. The van der Waals surface area contributed by atoms with Gasteiger partial charge in [0.1, 0.15) is 5.56 Å². The first kappa shape index (κ1) is 15.1. The van der Waals surface area contributed by atoms with E-state index in [4.69, 9.17) is 0 Å². The zero-order chi connectivity index (χ0) is 16.8. The topological polar surface area (TPSA) is 66.6 Å². The summed E-state index contributed by atoms with van der Waals surface area (Å²) in [5.74, 6) is -0.00773. The maximum Gasteiger partial charge on any atom is 0.259 e. The van der Waals surface area contributed by atoms with Gasteiger partial charge in [-0.25, -0.2) is 14.5 Å². The van der Waals surface area contributed by atoms with Gasteiger partial charge in [-0.05, 0) is 13.0 Å². The Labute approximate surface area is 143 Å². The predicted molar refractivity (Wildman–Crippen MR) is 92.6 cm³/mol. The van der Waals surface area contributed by atoms with E-state index in [0.717, 1.165) is 17.2 Å². The molecule has 124 valence electrons. The van der Waals surface area contributed by atoms with E-state index in [2.05, 4.69) is 15.1 Å². The summed E-state index contributed by atoms with van der Waals surface area (Å²) >= 11 is 1.65. The summed E-state index contributed by atoms with van der Waals surface area (Å²) in [4.78, 5) is 27.1. The van der Waals surface area contributed by atoms with E-state index in [0.29, 0.717) is 30.0 Å². The molecule has 4 rings (SSSR count). The molecule has 0 N–H and O–H groups in total. The number of nitrogens with zero attached hydrogens (tertiary/aromatic N) is 6. The van der Waals surface area contributed by atoms with Crippen LogP contribution in [0.4, 0.5) is 5.13 Å². The van der Waals surface area contributed by atoms with Gasteiger partial charge in [0, 0.05) is 44.3 Å². The number of fused-ring (bicyclic) bond motifs is 2. The minimum Gasteiger partial charge on any atom is -0.354 e. The first-order valence-electron chi connectivity index (χ1n) is 7.79. The van der Waals surface area contributed by atoms with Gasteiger partial charge in [-0.2, -0.15) is 5.10 Å². The molecule has 8 heteroatoms. The summed E-state index contributed by atoms with van der Waals surface area (Å²) in [6, 6.07) is 1.81. The fraction of sp³-hybridized carbons (Fsp3) is 0.375. The summed E-state index contributed by atoms with van der Waals surface area (Å²) < 4.78 is 1.66. The number of aryl methyl sites for hydroxylation is 1. The Morgan fingerprint density at radius 3 is 3.00 bits per heavy atom. The average Bonchev–Trinajstić information content (AvgIpc) is 3.13. The monoisotopic (exact) mass is 342 g/mol. The largest absolute Gasteiger partial charge is 0.354 e. The quantitative estimate of drug-likeness (QED) is 0.710. The van der Waals surface area contributed by atoms with Crippen LogP contribution in [0, 0.1) is 6.92 Å². The van der Waals surface area contributed by atoms with Gasteiger partial charge in [0.2, 0.25) is 0 Å². The Balaban J connectivity index is 1.66. The lowest BCUT2D eigenvalue weighted by molar-refractivity contribution is 0.0737. The van der Waals surface area contributed by atoms with Crippen LogP contribution in [0.2, 0.25) is 0 Å². The Hall–Kier alpha value is -2.48. The molecule has 0 saturated heterocycles. The number of hydrogen-bond donors (Lipinski definition) is 0. The van der Waals surface area contributed by atoms with E-state index in [1.54, 1.807) is 28.1 Å². The SMILES string of the molecule is Cc1nn2cccnc2c1C(=O)N1CCc2nc(N(C)C)sc2C1. The molecule has 0 fully saturated rings.